The SMILES string of the molecule is CC(C)(CC(=O)N1CC2C(C1)C2(C)c1cccc(NS(C)(=O)=O)c1)c1ccccc1.CC(C)(CCN1CC2C(C1)C2(C)c1cccc(NS(C)(=O)=O)c1)c1ccccc1.[AlH3].[H-].[Li+]. The monoisotopic (exact) mass is 876 g/mol. The van der Waals surface area contributed by atoms with E-state index in [0.29, 0.717) is 41.5 Å². The van der Waals surface area contributed by atoms with Crippen LogP contribution in [-0.4, -0.2) is 95.1 Å². The van der Waals surface area contributed by atoms with E-state index >= 15 is 0 Å². The maximum Gasteiger partial charge on any atom is 1.00 e. The first-order valence-electron chi connectivity index (χ1n) is 20.9. The second-order valence-corrected chi connectivity index (χ2v) is 22.9. The Morgan fingerprint density at radius 3 is 1.44 bits per heavy atom. The maximum atomic E-state index is 13.0. The van der Waals surface area contributed by atoms with Crippen molar-refractivity contribution in [1.29, 1.82) is 0 Å². The van der Waals surface area contributed by atoms with Crippen LogP contribution in [0.4, 0.5) is 11.4 Å². The Kier molecular flexibility index (Phi) is 14.6. The number of nitrogens with one attached hydrogen (secondary N) is 2. The van der Waals surface area contributed by atoms with Gasteiger partial charge in [0.05, 0.1) is 12.5 Å². The van der Waals surface area contributed by atoms with Gasteiger partial charge in [0.1, 0.15) is 0 Å². The minimum atomic E-state index is -3.30. The minimum Gasteiger partial charge on any atom is -1.00 e. The topological polar surface area (TPSA) is 116 Å². The number of hydrogen-bond acceptors (Lipinski definition) is 6. The van der Waals surface area contributed by atoms with E-state index in [9.17, 15) is 21.6 Å². The molecule has 9 nitrogen and oxygen atoms in total. The van der Waals surface area contributed by atoms with Gasteiger partial charge in [-0.15, -0.1) is 0 Å². The number of carbonyl (C=O) groups is 1. The number of sulfonamides is 2. The number of anilines is 2. The third-order valence-corrected chi connectivity index (χ3v) is 15.5. The predicted octanol–water partition coefficient (Wildman–Crippen LogP) is 3.95. The Labute approximate surface area is 389 Å². The number of likely N-dealkylation sites (tertiary alicyclic amines) is 2. The fourth-order valence-electron chi connectivity index (χ4n) is 10.3. The minimum absolute atomic E-state index is 0. The summed E-state index contributed by atoms with van der Waals surface area (Å²) in [6.45, 7) is 18.4. The van der Waals surface area contributed by atoms with Gasteiger partial charge in [-0.25, -0.2) is 16.8 Å². The summed E-state index contributed by atoms with van der Waals surface area (Å²) >= 11 is 0. The zero-order valence-corrected chi connectivity index (χ0v) is 38.5. The fourth-order valence-corrected chi connectivity index (χ4v) is 11.4. The van der Waals surface area contributed by atoms with E-state index in [1.54, 1.807) is 6.07 Å². The van der Waals surface area contributed by atoms with E-state index in [2.05, 4.69) is 110 Å². The largest absolute Gasteiger partial charge is 1.00 e. The molecule has 2 saturated heterocycles. The molecular weight excluding hydrogens is 811 g/mol. The molecule has 0 aromatic heterocycles. The molecule has 61 heavy (non-hydrogen) atoms. The zero-order valence-electron chi connectivity index (χ0n) is 37.9. The normalized spacial score (nSPS) is 25.4. The molecule has 2 aliphatic carbocycles. The quantitative estimate of drug-likeness (QED) is 0.197. The molecule has 4 aliphatic rings. The van der Waals surface area contributed by atoms with Crippen molar-refractivity contribution in [3.05, 3.63) is 131 Å². The first kappa shape index (κ1) is 49.0. The molecular formula is C48H66AlLiN4O5S2. The standard InChI is InChI=1S/C24H30N2O3S.C24H32N2O2S.Al.Li.4H/c1-23(2,17-9-6-5-7-10-17)14-22(27)26-15-20-21(16-26)24(20,3)18-11-8-12-19(13-18)25-30(4,28)29;1-23(2,18-9-6-5-7-10-18)13-14-26-16-21-22(17-26)24(21,3)19-11-8-12-20(15-19)25-29(4,27)28;;;;;;/h5-13,20-21,25H,14-16H2,1-4H3;5-12,15,21-22,25H,13-14,16-17H2,1-4H3;;;;;;/q;;;+1;;;;-1. The summed E-state index contributed by atoms with van der Waals surface area (Å²) in [5.74, 6) is 2.39. The van der Waals surface area contributed by atoms with Crippen molar-refractivity contribution >= 4 is 54.7 Å². The smallest absolute Gasteiger partial charge is 1.00 e. The Morgan fingerprint density at radius 2 is 1.03 bits per heavy atom. The van der Waals surface area contributed by atoms with Crippen LogP contribution in [0.15, 0.2) is 109 Å². The first-order valence-corrected chi connectivity index (χ1v) is 24.7. The van der Waals surface area contributed by atoms with E-state index in [-0.39, 0.29) is 65.2 Å². The Morgan fingerprint density at radius 1 is 0.639 bits per heavy atom. The van der Waals surface area contributed by atoms with Crippen LogP contribution >= 0.6 is 0 Å². The van der Waals surface area contributed by atoms with Gasteiger partial charge in [-0.1, -0.05) is 126 Å². The van der Waals surface area contributed by atoms with Crippen molar-refractivity contribution in [3.63, 3.8) is 0 Å². The Bertz CT molecular complexity index is 2380. The van der Waals surface area contributed by atoms with Crippen molar-refractivity contribution < 1.29 is 41.9 Å². The molecule has 2 saturated carbocycles. The summed E-state index contributed by atoms with van der Waals surface area (Å²) in [5, 5.41) is 0. The van der Waals surface area contributed by atoms with Gasteiger partial charge in [0.25, 0.3) is 0 Å². The van der Waals surface area contributed by atoms with Crippen molar-refractivity contribution in [2.75, 3.05) is 54.7 Å². The van der Waals surface area contributed by atoms with E-state index in [1.165, 1.54) is 22.9 Å². The van der Waals surface area contributed by atoms with Gasteiger partial charge < -0.3 is 11.2 Å². The molecule has 2 heterocycles. The number of hydrogen-bond donors (Lipinski definition) is 2. The van der Waals surface area contributed by atoms with Crippen LogP contribution in [0.3, 0.4) is 0 Å². The van der Waals surface area contributed by atoms with Crippen LogP contribution in [0.5, 0.6) is 0 Å². The van der Waals surface area contributed by atoms with Crippen molar-refractivity contribution in [1.82, 2.24) is 9.80 Å². The summed E-state index contributed by atoms with van der Waals surface area (Å²) < 4.78 is 51.4. The number of amides is 1. The van der Waals surface area contributed by atoms with E-state index in [0.717, 1.165) is 51.0 Å². The molecule has 4 aromatic rings. The Hall–Kier alpha value is -3.06. The predicted molar refractivity (Wildman–Crippen MR) is 251 cm³/mol. The number of benzene rings is 4. The van der Waals surface area contributed by atoms with Crippen LogP contribution in [0, 0.1) is 23.7 Å². The summed E-state index contributed by atoms with van der Waals surface area (Å²) in [6, 6.07) is 36.6. The van der Waals surface area contributed by atoms with Crippen LogP contribution in [0.2, 0.25) is 0 Å². The molecule has 0 spiro atoms. The number of nitrogens with zero attached hydrogens (tertiary/aromatic N) is 2. The molecule has 4 fully saturated rings. The molecule has 4 atom stereocenters. The van der Waals surface area contributed by atoms with Crippen LogP contribution in [0.1, 0.15) is 78.1 Å². The van der Waals surface area contributed by atoms with Crippen molar-refractivity contribution in [3.8, 4) is 0 Å². The van der Waals surface area contributed by atoms with Gasteiger partial charge in [0, 0.05) is 54.8 Å². The molecule has 2 aliphatic heterocycles. The fraction of sp³-hybridized carbons (Fsp3) is 0.479. The summed E-state index contributed by atoms with van der Waals surface area (Å²) in [4.78, 5) is 17.6. The zero-order chi connectivity index (χ0) is 42.6. The van der Waals surface area contributed by atoms with Crippen LogP contribution < -0.4 is 28.3 Å². The second-order valence-electron chi connectivity index (χ2n) is 19.4. The molecule has 0 bridgehead atoms. The van der Waals surface area contributed by atoms with Gasteiger partial charge in [0.15, 0.2) is 17.4 Å². The van der Waals surface area contributed by atoms with Gasteiger partial charge >= 0.3 is 18.9 Å². The molecule has 4 unspecified atom stereocenters. The molecule has 1 amide bonds. The first-order chi connectivity index (χ1) is 27.6. The van der Waals surface area contributed by atoms with Gasteiger partial charge in [-0.2, -0.15) is 0 Å². The summed E-state index contributed by atoms with van der Waals surface area (Å²) in [6.07, 6.45) is 4.01. The molecule has 2 N–H and O–H groups in total. The molecule has 324 valence electrons. The number of carbonyl (C=O) groups excluding carboxylic acids is 1. The molecule has 13 heteroatoms. The van der Waals surface area contributed by atoms with Crippen LogP contribution in [0.25, 0.3) is 0 Å². The van der Waals surface area contributed by atoms with E-state index in [4.69, 9.17) is 0 Å². The second kappa shape index (κ2) is 18.2. The molecule has 0 radical (unpaired) electrons. The number of fused-ring (bicyclic) bond motifs is 2. The van der Waals surface area contributed by atoms with Crippen molar-refractivity contribution in [2.24, 2.45) is 23.7 Å². The summed E-state index contributed by atoms with van der Waals surface area (Å²) in [5.41, 5.74) is 6.40. The summed E-state index contributed by atoms with van der Waals surface area (Å²) in [7, 11) is -6.55. The maximum absolute atomic E-state index is 13.0. The Balaban J connectivity index is 0.000000260. The average molecular weight is 877 g/mol. The third kappa shape index (κ3) is 10.8. The van der Waals surface area contributed by atoms with E-state index < -0.39 is 20.0 Å². The number of rotatable bonds is 13. The van der Waals surface area contributed by atoms with E-state index in [1.807, 2.05) is 53.4 Å². The van der Waals surface area contributed by atoms with Crippen molar-refractivity contribution in [2.45, 2.75) is 76.0 Å². The van der Waals surface area contributed by atoms with Gasteiger partial charge in [-0.3, -0.25) is 14.2 Å². The average Bonchev–Trinajstić information content (AvgIpc) is 3.64. The van der Waals surface area contributed by atoms with Crippen LogP contribution in [-0.2, 0) is 46.5 Å². The third-order valence-electron chi connectivity index (χ3n) is 14.3. The van der Waals surface area contributed by atoms with Gasteiger partial charge in [0.2, 0.25) is 26.0 Å². The molecule has 4 aromatic carbocycles. The number of piperidine rings is 2. The molecule has 8 rings (SSSR count). The van der Waals surface area contributed by atoms with Gasteiger partial charge in [-0.05, 0) is 94.0 Å².